The number of carboxylic acids is 1. The number of para-hydroxylation sites is 1. The number of aryl methyl sites for hydroxylation is 2. The number of aliphatic carboxylic acids is 1. The third-order valence-electron chi connectivity index (χ3n) is 3.44. The molecule has 0 saturated heterocycles. The van der Waals surface area contributed by atoms with Crippen LogP contribution < -0.4 is 4.90 Å². The van der Waals surface area contributed by atoms with Crippen molar-refractivity contribution in [3.8, 4) is 0 Å². The first kappa shape index (κ1) is 15.1. The summed E-state index contributed by atoms with van der Waals surface area (Å²) >= 11 is 0. The lowest BCUT2D eigenvalue weighted by Crippen LogP contribution is -2.26. The van der Waals surface area contributed by atoms with Crippen molar-refractivity contribution in [2.24, 2.45) is 0 Å². The number of hydrogen-bond donors (Lipinski definition) is 1. The maximum atomic E-state index is 10.9. The summed E-state index contributed by atoms with van der Waals surface area (Å²) in [6, 6.07) is 8.04. The molecule has 2 aromatic rings. The van der Waals surface area contributed by atoms with Gasteiger partial charge in [-0.25, -0.2) is 0 Å². The van der Waals surface area contributed by atoms with E-state index in [0.29, 0.717) is 13.1 Å². The predicted octanol–water partition coefficient (Wildman–Crippen LogP) is 2.69. The Hall–Kier alpha value is -2.30. The maximum absolute atomic E-state index is 10.9. The minimum Gasteiger partial charge on any atom is -0.481 e. The Balaban J connectivity index is 2.19. The van der Waals surface area contributed by atoms with Gasteiger partial charge in [0.15, 0.2) is 0 Å². The fraction of sp³-hybridized carbons (Fsp3) is 0.375. The number of benzene rings is 1. The topological polar surface area (TPSA) is 58.4 Å². The highest BCUT2D eigenvalue weighted by Gasteiger charge is 2.12. The second kappa shape index (κ2) is 6.92. The van der Waals surface area contributed by atoms with E-state index in [4.69, 9.17) is 5.11 Å². The second-order valence-corrected chi connectivity index (χ2v) is 5.06. The largest absolute Gasteiger partial charge is 0.481 e. The standard InChI is InChI=1S/C16H21N3O2/c1-3-19-12-14(10-17-19)11-18(9-8-16(20)21)15-7-5-4-6-13(15)2/h4-7,10,12H,3,8-9,11H2,1-2H3,(H,20,21). The summed E-state index contributed by atoms with van der Waals surface area (Å²) in [7, 11) is 0. The molecule has 5 heteroatoms. The van der Waals surface area contributed by atoms with E-state index in [0.717, 1.165) is 23.4 Å². The molecule has 0 amide bonds. The van der Waals surface area contributed by atoms with Crippen LogP contribution in [-0.4, -0.2) is 27.4 Å². The van der Waals surface area contributed by atoms with Gasteiger partial charge >= 0.3 is 5.97 Å². The lowest BCUT2D eigenvalue weighted by atomic mass is 10.1. The van der Waals surface area contributed by atoms with Crippen molar-refractivity contribution in [3.63, 3.8) is 0 Å². The van der Waals surface area contributed by atoms with Gasteiger partial charge in [-0.05, 0) is 25.5 Å². The van der Waals surface area contributed by atoms with Crippen molar-refractivity contribution >= 4 is 11.7 Å². The van der Waals surface area contributed by atoms with Gasteiger partial charge in [-0.15, -0.1) is 0 Å². The first-order chi connectivity index (χ1) is 10.1. The van der Waals surface area contributed by atoms with Crippen LogP contribution in [0.1, 0.15) is 24.5 Å². The third-order valence-corrected chi connectivity index (χ3v) is 3.44. The SMILES string of the molecule is CCn1cc(CN(CCC(=O)O)c2ccccc2C)cn1. The normalized spacial score (nSPS) is 10.6. The van der Waals surface area contributed by atoms with E-state index >= 15 is 0 Å². The second-order valence-electron chi connectivity index (χ2n) is 5.06. The zero-order chi connectivity index (χ0) is 15.2. The summed E-state index contributed by atoms with van der Waals surface area (Å²) in [6.45, 7) is 6.06. The summed E-state index contributed by atoms with van der Waals surface area (Å²) in [5, 5.41) is 13.2. The molecule has 112 valence electrons. The molecule has 1 aromatic carbocycles. The predicted molar refractivity (Wildman–Crippen MR) is 82.4 cm³/mol. The van der Waals surface area contributed by atoms with Crippen LogP contribution in [-0.2, 0) is 17.9 Å². The molecule has 5 nitrogen and oxygen atoms in total. The smallest absolute Gasteiger partial charge is 0.305 e. The average molecular weight is 287 g/mol. The molecular formula is C16H21N3O2. The number of nitrogens with zero attached hydrogens (tertiary/aromatic N) is 3. The minimum absolute atomic E-state index is 0.121. The van der Waals surface area contributed by atoms with Crippen LogP contribution in [0.25, 0.3) is 0 Å². The highest BCUT2D eigenvalue weighted by atomic mass is 16.4. The van der Waals surface area contributed by atoms with Crippen LogP contribution in [0.3, 0.4) is 0 Å². The van der Waals surface area contributed by atoms with Crippen LogP contribution in [0.2, 0.25) is 0 Å². The monoisotopic (exact) mass is 287 g/mol. The van der Waals surface area contributed by atoms with Gasteiger partial charge in [-0.1, -0.05) is 18.2 Å². The van der Waals surface area contributed by atoms with E-state index in [1.807, 2.05) is 55.2 Å². The Morgan fingerprint density at radius 2 is 2.14 bits per heavy atom. The van der Waals surface area contributed by atoms with Gasteiger partial charge in [0.1, 0.15) is 0 Å². The van der Waals surface area contributed by atoms with Gasteiger partial charge in [0, 0.05) is 37.1 Å². The van der Waals surface area contributed by atoms with Crippen LogP contribution in [0.4, 0.5) is 5.69 Å². The molecule has 0 aliphatic heterocycles. The molecule has 1 aromatic heterocycles. The summed E-state index contributed by atoms with van der Waals surface area (Å²) in [5.74, 6) is -0.780. The van der Waals surface area contributed by atoms with E-state index in [2.05, 4.69) is 10.00 Å². The van der Waals surface area contributed by atoms with Crippen LogP contribution in [0.15, 0.2) is 36.7 Å². The lowest BCUT2D eigenvalue weighted by Gasteiger charge is -2.25. The van der Waals surface area contributed by atoms with Gasteiger partial charge in [0.05, 0.1) is 12.6 Å². The Kier molecular flexibility index (Phi) is 4.98. The highest BCUT2D eigenvalue weighted by Crippen LogP contribution is 2.21. The number of aromatic nitrogens is 2. The Labute approximate surface area is 124 Å². The molecule has 1 heterocycles. The maximum Gasteiger partial charge on any atom is 0.305 e. The van der Waals surface area contributed by atoms with Gasteiger partial charge in [0.25, 0.3) is 0 Å². The number of carboxylic acid groups (broad SMARTS) is 1. The number of carbonyl (C=O) groups is 1. The number of anilines is 1. The van der Waals surface area contributed by atoms with Gasteiger partial charge in [0.2, 0.25) is 0 Å². The van der Waals surface area contributed by atoms with E-state index < -0.39 is 5.97 Å². The molecule has 0 aliphatic rings. The molecule has 1 N–H and O–H groups in total. The van der Waals surface area contributed by atoms with Crippen LogP contribution in [0.5, 0.6) is 0 Å². The molecule has 0 fully saturated rings. The van der Waals surface area contributed by atoms with Crippen molar-refractivity contribution in [2.75, 3.05) is 11.4 Å². The fourth-order valence-electron chi connectivity index (χ4n) is 2.31. The molecule has 0 bridgehead atoms. The molecular weight excluding hydrogens is 266 g/mol. The van der Waals surface area contributed by atoms with E-state index in [9.17, 15) is 4.79 Å². The average Bonchev–Trinajstić information content (AvgIpc) is 2.92. The fourth-order valence-corrected chi connectivity index (χ4v) is 2.31. The van der Waals surface area contributed by atoms with Gasteiger partial charge in [-0.2, -0.15) is 5.10 Å². The summed E-state index contributed by atoms with van der Waals surface area (Å²) in [4.78, 5) is 13.0. The van der Waals surface area contributed by atoms with Gasteiger partial charge < -0.3 is 10.0 Å². The molecule has 0 spiro atoms. The number of rotatable bonds is 7. The zero-order valence-corrected chi connectivity index (χ0v) is 12.5. The van der Waals surface area contributed by atoms with E-state index in [-0.39, 0.29) is 6.42 Å². The van der Waals surface area contributed by atoms with Crippen molar-refractivity contribution in [1.82, 2.24) is 9.78 Å². The lowest BCUT2D eigenvalue weighted by molar-refractivity contribution is -0.136. The summed E-state index contributed by atoms with van der Waals surface area (Å²) in [6.07, 6.45) is 3.97. The van der Waals surface area contributed by atoms with Crippen LogP contribution >= 0.6 is 0 Å². The van der Waals surface area contributed by atoms with Crippen LogP contribution in [0, 0.1) is 6.92 Å². The molecule has 21 heavy (non-hydrogen) atoms. The first-order valence-corrected chi connectivity index (χ1v) is 7.14. The number of hydrogen-bond acceptors (Lipinski definition) is 3. The summed E-state index contributed by atoms with van der Waals surface area (Å²) < 4.78 is 1.88. The molecule has 0 radical (unpaired) electrons. The first-order valence-electron chi connectivity index (χ1n) is 7.14. The molecule has 0 saturated carbocycles. The minimum atomic E-state index is -0.780. The third kappa shape index (κ3) is 4.08. The molecule has 0 aliphatic carbocycles. The van der Waals surface area contributed by atoms with Gasteiger partial charge in [-0.3, -0.25) is 9.48 Å². The highest BCUT2D eigenvalue weighted by molar-refractivity contribution is 5.68. The van der Waals surface area contributed by atoms with E-state index in [1.54, 1.807) is 0 Å². The molecule has 0 unspecified atom stereocenters. The van der Waals surface area contributed by atoms with Crippen molar-refractivity contribution < 1.29 is 9.90 Å². The zero-order valence-electron chi connectivity index (χ0n) is 12.5. The summed E-state index contributed by atoms with van der Waals surface area (Å²) in [5.41, 5.74) is 3.30. The van der Waals surface area contributed by atoms with Crippen molar-refractivity contribution in [3.05, 3.63) is 47.8 Å². The van der Waals surface area contributed by atoms with Crippen molar-refractivity contribution in [2.45, 2.75) is 33.4 Å². The van der Waals surface area contributed by atoms with E-state index in [1.165, 1.54) is 0 Å². The quantitative estimate of drug-likeness (QED) is 0.850. The Bertz CT molecular complexity index is 607. The Morgan fingerprint density at radius 1 is 1.38 bits per heavy atom. The molecule has 0 atom stereocenters. The Morgan fingerprint density at radius 3 is 2.76 bits per heavy atom. The van der Waals surface area contributed by atoms with Crippen molar-refractivity contribution in [1.29, 1.82) is 0 Å². The molecule has 2 rings (SSSR count).